The normalized spacial score (nSPS) is 18.8. The van der Waals surface area contributed by atoms with Gasteiger partial charge in [0.05, 0.1) is 4.90 Å². The largest absolute Gasteiger partial charge is 0.322 e. The molecule has 1 heterocycles. The standard InChI is InChI=1S/C22H25NO3S/c1-27(25,26)18-10-8-17(9-11-18)20(14-15-4-2-3-5-15)21-13-12-19(16-6-7-16)22(24)23-21/h8-16H,2-7H2,1H3,(H,23,24)/b20-14+. The summed E-state index contributed by atoms with van der Waals surface area (Å²) in [6, 6.07) is 10.9. The molecule has 27 heavy (non-hydrogen) atoms. The molecule has 4 rings (SSSR count). The van der Waals surface area contributed by atoms with E-state index in [1.807, 2.05) is 24.3 Å². The summed E-state index contributed by atoms with van der Waals surface area (Å²) in [6.45, 7) is 0. The molecule has 0 spiro atoms. The third kappa shape index (κ3) is 4.08. The summed E-state index contributed by atoms with van der Waals surface area (Å²) in [6.07, 6.45) is 10.5. The summed E-state index contributed by atoms with van der Waals surface area (Å²) in [5.41, 5.74) is 3.61. The number of nitrogens with one attached hydrogen (secondary N) is 1. The molecule has 0 amide bonds. The zero-order valence-electron chi connectivity index (χ0n) is 15.6. The highest BCUT2D eigenvalue weighted by atomic mass is 32.2. The minimum Gasteiger partial charge on any atom is -0.322 e. The predicted octanol–water partition coefficient (Wildman–Crippen LogP) is 4.28. The predicted molar refractivity (Wildman–Crippen MR) is 108 cm³/mol. The van der Waals surface area contributed by atoms with Gasteiger partial charge in [0.15, 0.2) is 9.84 Å². The maximum absolute atomic E-state index is 12.5. The lowest BCUT2D eigenvalue weighted by molar-refractivity contribution is 0.602. The summed E-state index contributed by atoms with van der Waals surface area (Å²) in [5, 5.41) is 0. The molecule has 5 heteroatoms. The Morgan fingerprint density at radius 1 is 1.00 bits per heavy atom. The Morgan fingerprint density at radius 3 is 2.22 bits per heavy atom. The number of aromatic nitrogens is 1. The molecular formula is C22H25NO3S. The molecule has 0 radical (unpaired) electrons. The van der Waals surface area contributed by atoms with Crippen LogP contribution in [0.25, 0.3) is 5.57 Å². The summed E-state index contributed by atoms with van der Waals surface area (Å²) in [5.74, 6) is 0.917. The minimum atomic E-state index is -3.22. The van der Waals surface area contributed by atoms with Gasteiger partial charge in [-0.2, -0.15) is 0 Å². The molecule has 0 unspecified atom stereocenters. The monoisotopic (exact) mass is 383 g/mol. The zero-order chi connectivity index (χ0) is 19.0. The SMILES string of the molecule is CS(=O)(=O)c1ccc(/C(=C\C2CCCC2)c2ccc(C3CC3)c(=O)[nH]2)cc1. The van der Waals surface area contributed by atoms with Gasteiger partial charge in [-0.1, -0.05) is 37.1 Å². The molecular weight excluding hydrogens is 358 g/mol. The lowest BCUT2D eigenvalue weighted by Gasteiger charge is -2.13. The molecule has 0 bridgehead atoms. The summed E-state index contributed by atoms with van der Waals surface area (Å²) in [7, 11) is -3.22. The van der Waals surface area contributed by atoms with Gasteiger partial charge in [-0.15, -0.1) is 0 Å². The van der Waals surface area contributed by atoms with E-state index in [4.69, 9.17) is 0 Å². The van der Waals surface area contributed by atoms with Gasteiger partial charge in [-0.25, -0.2) is 8.42 Å². The van der Waals surface area contributed by atoms with E-state index in [1.54, 1.807) is 12.1 Å². The first-order valence-corrected chi connectivity index (χ1v) is 11.6. The van der Waals surface area contributed by atoms with Crippen molar-refractivity contribution in [3.05, 3.63) is 69.6 Å². The summed E-state index contributed by atoms with van der Waals surface area (Å²) >= 11 is 0. The van der Waals surface area contributed by atoms with Crippen molar-refractivity contribution in [1.29, 1.82) is 0 Å². The lowest BCUT2D eigenvalue weighted by atomic mass is 9.95. The first-order chi connectivity index (χ1) is 12.9. The van der Waals surface area contributed by atoms with Crippen molar-refractivity contribution < 1.29 is 8.42 Å². The van der Waals surface area contributed by atoms with Gasteiger partial charge >= 0.3 is 0 Å². The Hall–Kier alpha value is -2.14. The number of aromatic amines is 1. The van der Waals surface area contributed by atoms with Crippen LogP contribution in [-0.4, -0.2) is 19.7 Å². The van der Waals surface area contributed by atoms with Gasteiger partial charge in [0, 0.05) is 23.1 Å². The second-order valence-electron chi connectivity index (χ2n) is 7.85. The van der Waals surface area contributed by atoms with Crippen molar-refractivity contribution in [3.8, 4) is 0 Å². The molecule has 2 aliphatic rings. The smallest absolute Gasteiger partial charge is 0.251 e. The maximum atomic E-state index is 12.5. The Balaban J connectivity index is 1.75. The van der Waals surface area contributed by atoms with Gasteiger partial charge in [0.25, 0.3) is 5.56 Å². The second kappa shape index (κ2) is 7.12. The Bertz CT molecular complexity index is 1020. The molecule has 1 aromatic carbocycles. The third-order valence-electron chi connectivity index (χ3n) is 5.64. The third-order valence-corrected chi connectivity index (χ3v) is 6.77. The number of rotatable bonds is 5. The number of pyridine rings is 1. The first kappa shape index (κ1) is 18.2. The zero-order valence-corrected chi connectivity index (χ0v) is 16.4. The Morgan fingerprint density at radius 2 is 1.67 bits per heavy atom. The maximum Gasteiger partial charge on any atom is 0.251 e. The van der Waals surface area contributed by atoms with Crippen molar-refractivity contribution in [2.24, 2.45) is 5.92 Å². The van der Waals surface area contributed by atoms with E-state index in [0.717, 1.165) is 48.1 Å². The van der Waals surface area contributed by atoms with E-state index in [-0.39, 0.29) is 5.56 Å². The highest BCUT2D eigenvalue weighted by Gasteiger charge is 2.26. The van der Waals surface area contributed by atoms with Crippen molar-refractivity contribution in [1.82, 2.24) is 4.98 Å². The first-order valence-electron chi connectivity index (χ1n) is 9.68. The fraction of sp³-hybridized carbons (Fsp3) is 0.409. The molecule has 2 saturated carbocycles. The average molecular weight is 384 g/mol. The van der Waals surface area contributed by atoms with Crippen LogP contribution in [0.1, 0.15) is 61.3 Å². The topological polar surface area (TPSA) is 67.0 Å². The molecule has 2 aromatic rings. The highest BCUT2D eigenvalue weighted by Crippen LogP contribution is 2.38. The fourth-order valence-electron chi connectivity index (χ4n) is 3.94. The summed E-state index contributed by atoms with van der Waals surface area (Å²) < 4.78 is 23.5. The number of sulfone groups is 1. The van der Waals surface area contributed by atoms with Crippen LogP contribution in [0.3, 0.4) is 0 Å². The number of hydrogen-bond acceptors (Lipinski definition) is 3. The molecule has 0 atom stereocenters. The molecule has 4 nitrogen and oxygen atoms in total. The van der Waals surface area contributed by atoms with E-state index in [9.17, 15) is 13.2 Å². The van der Waals surface area contributed by atoms with Gasteiger partial charge in [0.1, 0.15) is 0 Å². The molecule has 2 fully saturated rings. The number of allylic oxidation sites excluding steroid dienone is 1. The second-order valence-corrected chi connectivity index (χ2v) is 9.87. The van der Waals surface area contributed by atoms with Crippen LogP contribution in [0.4, 0.5) is 0 Å². The number of H-pyrrole nitrogens is 1. The van der Waals surface area contributed by atoms with Gasteiger partial charge in [-0.3, -0.25) is 4.79 Å². The quantitative estimate of drug-likeness (QED) is 0.838. The average Bonchev–Trinajstić information content (AvgIpc) is 3.34. The van der Waals surface area contributed by atoms with E-state index >= 15 is 0 Å². The van der Waals surface area contributed by atoms with Gasteiger partial charge in [0.2, 0.25) is 0 Å². The Kier molecular flexibility index (Phi) is 4.81. The van der Waals surface area contributed by atoms with Gasteiger partial charge in [-0.05, 0) is 61.3 Å². The van der Waals surface area contributed by atoms with E-state index in [1.165, 1.54) is 19.1 Å². The molecule has 1 aromatic heterocycles. The van der Waals surface area contributed by atoms with Crippen LogP contribution >= 0.6 is 0 Å². The van der Waals surface area contributed by atoms with E-state index in [2.05, 4.69) is 11.1 Å². The Labute approximate surface area is 160 Å². The number of hydrogen-bond donors (Lipinski definition) is 1. The van der Waals surface area contributed by atoms with Crippen LogP contribution in [-0.2, 0) is 9.84 Å². The van der Waals surface area contributed by atoms with Gasteiger partial charge < -0.3 is 4.98 Å². The van der Waals surface area contributed by atoms with Crippen LogP contribution in [0.15, 0.2) is 52.2 Å². The molecule has 1 N–H and O–H groups in total. The highest BCUT2D eigenvalue weighted by molar-refractivity contribution is 7.90. The van der Waals surface area contributed by atoms with Crippen molar-refractivity contribution >= 4 is 15.4 Å². The molecule has 0 aliphatic heterocycles. The fourth-order valence-corrected chi connectivity index (χ4v) is 4.57. The van der Waals surface area contributed by atoms with E-state index in [0.29, 0.717) is 16.7 Å². The van der Waals surface area contributed by atoms with Crippen molar-refractivity contribution in [2.75, 3.05) is 6.26 Å². The van der Waals surface area contributed by atoms with E-state index < -0.39 is 9.84 Å². The van der Waals surface area contributed by atoms with Crippen LogP contribution < -0.4 is 5.56 Å². The lowest BCUT2D eigenvalue weighted by Crippen LogP contribution is -2.13. The van der Waals surface area contributed by atoms with Crippen LogP contribution in [0.5, 0.6) is 0 Å². The number of benzene rings is 1. The minimum absolute atomic E-state index is 0.0000723. The summed E-state index contributed by atoms with van der Waals surface area (Å²) in [4.78, 5) is 15.9. The van der Waals surface area contributed by atoms with Crippen LogP contribution in [0, 0.1) is 5.92 Å². The van der Waals surface area contributed by atoms with Crippen molar-refractivity contribution in [3.63, 3.8) is 0 Å². The molecule has 142 valence electrons. The molecule has 2 aliphatic carbocycles. The molecule has 0 saturated heterocycles. The van der Waals surface area contributed by atoms with Crippen molar-refractivity contribution in [2.45, 2.75) is 49.3 Å². The van der Waals surface area contributed by atoms with Crippen LogP contribution in [0.2, 0.25) is 0 Å².